The van der Waals surface area contributed by atoms with E-state index in [0.717, 1.165) is 29.1 Å². The fourth-order valence-electron chi connectivity index (χ4n) is 2.95. The third kappa shape index (κ3) is 4.36. The van der Waals surface area contributed by atoms with Crippen molar-refractivity contribution in [3.63, 3.8) is 0 Å². The summed E-state index contributed by atoms with van der Waals surface area (Å²) in [4.78, 5) is 21.5. The standard InChI is InChI=1S/C20H27N5O2/c1-14(2)25-19-16(12-22-25)10-17(11-21-19)20(26)24(9-8-23(4)5)13-18-7-6-15(3)27-18/h6-7,10-12,14H,8-9,13H2,1-5H3. The lowest BCUT2D eigenvalue weighted by molar-refractivity contribution is 0.0719. The second kappa shape index (κ2) is 7.92. The van der Waals surface area contributed by atoms with E-state index in [-0.39, 0.29) is 11.9 Å². The highest BCUT2D eigenvalue weighted by atomic mass is 16.3. The molecule has 3 aromatic heterocycles. The van der Waals surface area contributed by atoms with Crippen LogP contribution < -0.4 is 0 Å². The minimum atomic E-state index is -0.0578. The molecule has 0 aliphatic heterocycles. The van der Waals surface area contributed by atoms with Gasteiger partial charge in [0.25, 0.3) is 5.91 Å². The SMILES string of the molecule is Cc1ccc(CN(CCN(C)C)C(=O)c2cnc3c(cnn3C(C)C)c2)o1. The molecule has 3 aromatic rings. The van der Waals surface area contributed by atoms with E-state index in [4.69, 9.17) is 4.42 Å². The summed E-state index contributed by atoms with van der Waals surface area (Å²) in [5, 5.41) is 5.25. The Kier molecular flexibility index (Phi) is 5.60. The number of aryl methyl sites for hydroxylation is 1. The van der Waals surface area contributed by atoms with Crippen LogP contribution in [0.15, 0.2) is 35.0 Å². The van der Waals surface area contributed by atoms with Gasteiger partial charge in [-0.25, -0.2) is 9.67 Å². The first-order valence-corrected chi connectivity index (χ1v) is 9.17. The number of amides is 1. The molecule has 0 atom stereocenters. The summed E-state index contributed by atoms with van der Waals surface area (Å²) in [5.41, 5.74) is 1.36. The first kappa shape index (κ1) is 19.1. The maximum atomic E-state index is 13.2. The number of pyridine rings is 1. The molecule has 0 saturated heterocycles. The number of furan rings is 1. The Bertz CT molecular complexity index is 925. The Labute approximate surface area is 159 Å². The summed E-state index contributed by atoms with van der Waals surface area (Å²) in [6, 6.07) is 5.92. The summed E-state index contributed by atoms with van der Waals surface area (Å²) in [6.07, 6.45) is 3.40. The number of fused-ring (bicyclic) bond motifs is 1. The van der Waals surface area contributed by atoms with E-state index < -0.39 is 0 Å². The van der Waals surface area contributed by atoms with Gasteiger partial charge < -0.3 is 14.2 Å². The molecule has 0 radical (unpaired) electrons. The zero-order chi connectivity index (χ0) is 19.6. The summed E-state index contributed by atoms with van der Waals surface area (Å²) in [5.74, 6) is 1.56. The first-order chi connectivity index (χ1) is 12.8. The molecule has 27 heavy (non-hydrogen) atoms. The summed E-state index contributed by atoms with van der Waals surface area (Å²) in [6.45, 7) is 7.83. The van der Waals surface area contributed by atoms with Crippen LogP contribution in [0, 0.1) is 6.92 Å². The number of rotatable bonds is 7. The molecule has 0 bridgehead atoms. The lowest BCUT2D eigenvalue weighted by atomic mass is 10.2. The summed E-state index contributed by atoms with van der Waals surface area (Å²) < 4.78 is 7.53. The van der Waals surface area contributed by atoms with Gasteiger partial charge in [-0.15, -0.1) is 0 Å². The first-order valence-electron chi connectivity index (χ1n) is 9.17. The van der Waals surface area contributed by atoms with Gasteiger partial charge in [-0.05, 0) is 53.1 Å². The van der Waals surface area contributed by atoms with Gasteiger partial charge in [-0.2, -0.15) is 5.10 Å². The fourth-order valence-corrected chi connectivity index (χ4v) is 2.95. The van der Waals surface area contributed by atoms with Crippen molar-refractivity contribution in [1.29, 1.82) is 0 Å². The van der Waals surface area contributed by atoms with Crippen molar-refractivity contribution in [3.8, 4) is 0 Å². The maximum absolute atomic E-state index is 13.2. The van der Waals surface area contributed by atoms with Gasteiger partial charge in [-0.3, -0.25) is 4.79 Å². The fraction of sp³-hybridized carbons (Fsp3) is 0.450. The van der Waals surface area contributed by atoms with Crippen molar-refractivity contribution in [1.82, 2.24) is 24.6 Å². The van der Waals surface area contributed by atoms with E-state index in [0.29, 0.717) is 18.7 Å². The van der Waals surface area contributed by atoms with Crippen LogP contribution in [0.2, 0.25) is 0 Å². The quantitative estimate of drug-likeness (QED) is 0.640. The Balaban J connectivity index is 1.86. The highest BCUT2D eigenvalue weighted by Gasteiger charge is 2.19. The van der Waals surface area contributed by atoms with Crippen LogP contribution >= 0.6 is 0 Å². The van der Waals surface area contributed by atoms with E-state index in [2.05, 4.69) is 28.8 Å². The second-order valence-electron chi connectivity index (χ2n) is 7.36. The molecular weight excluding hydrogens is 342 g/mol. The van der Waals surface area contributed by atoms with Crippen molar-refractivity contribution in [2.45, 2.75) is 33.4 Å². The van der Waals surface area contributed by atoms with E-state index in [1.54, 1.807) is 17.3 Å². The number of hydrogen-bond donors (Lipinski definition) is 0. The van der Waals surface area contributed by atoms with Crippen molar-refractivity contribution in [3.05, 3.63) is 47.7 Å². The lowest BCUT2D eigenvalue weighted by Crippen LogP contribution is -2.36. The second-order valence-corrected chi connectivity index (χ2v) is 7.36. The third-order valence-corrected chi connectivity index (χ3v) is 4.42. The lowest BCUT2D eigenvalue weighted by Gasteiger charge is -2.23. The van der Waals surface area contributed by atoms with Crippen molar-refractivity contribution >= 4 is 16.9 Å². The minimum absolute atomic E-state index is 0.0578. The number of carbonyl (C=O) groups is 1. The number of likely N-dealkylation sites (N-methyl/N-ethyl adjacent to an activating group) is 1. The molecule has 0 saturated carbocycles. The highest BCUT2D eigenvalue weighted by Crippen LogP contribution is 2.19. The predicted octanol–water partition coefficient (Wildman–Crippen LogP) is 3.12. The largest absolute Gasteiger partial charge is 0.464 e. The number of carbonyl (C=O) groups excluding carboxylic acids is 1. The molecule has 3 rings (SSSR count). The molecule has 0 unspecified atom stereocenters. The minimum Gasteiger partial charge on any atom is -0.464 e. The Morgan fingerprint density at radius 2 is 2.00 bits per heavy atom. The van der Waals surface area contributed by atoms with Gasteiger partial charge in [0.2, 0.25) is 0 Å². The zero-order valence-corrected chi connectivity index (χ0v) is 16.6. The smallest absolute Gasteiger partial charge is 0.255 e. The molecule has 1 amide bonds. The topological polar surface area (TPSA) is 67.4 Å². The molecule has 7 heteroatoms. The highest BCUT2D eigenvalue weighted by molar-refractivity contribution is 5.96. The van der Waals surface area contributed by atoms with Gasteiger partial charge in [-0.1, -0.05) is 0 Å². The van der Waals surface area contributed by atoms with E-state index >= 15 is 0 Å². The van der Waals surface area contributed by atoms with Gasteiger partial charge in [0.1, 0.15) is 11.5 Å². The number of hydrogen-bond acceptors (Lipinski definition) is 5. The van der Waals surface area contributed by atoms with E-state index in [9.17, 15) is 4.79 Å². The Morgan fingerprint density at radius 3 is 2.63 bits per heavy atom. The molecule has 0 aromatic carbocycles. The monoisotopic (exact) mass is 369 g/mol. The van der Waals surface area contributed by atoms with Crippen LogP contribution in [0.1, 0.15) is 41.8 Å². The molecule has 144 valence electrons. The zero-order valence-electron chi connectivity index (χ0n) is 16.6. The average Bonchev–Trinajstić information content (AvgIpc) is 3.23. The Morgan fingerprint density at radius 1 is 1.22 bits per heavy atom. The molecule has 0 spiro atoms. The van der Waals surface area contributed by atoms with E-state index in [1.165, 1.54) is 0 Å². The molecular formula is C20H27N5O2. The molecule has 0 aliphatic rings. The molecule has 7 nitrogen and oxygen atoms in total. The summed E-state index contributed by atoms with van der Waals surface area (Å²) in [7, 11) is 3.99. The van der Waals surface area contributed by atoms with Crippen LogP contribution in [-0.2, 0) is 6.54 Å². The molecule has 3 heterocycles. The van der Waals surface area contributed by atoms with Gasteiger partial charge in [0.05, 0.1) is 18.3 Å². The normalized spacial score (nSPS) is 11.7. The van der Waals surface area contributed by atoms with Crippen LogP contribution in [-0.4, -0.2) is 57.7 Å². The predicted molar refractivity (Wildman–Crippen MR) is 105 cm³/mol. The van der Waals surface area contributed by atoms with Crippen LogP contribution in [0.4, 0.5) is 0 Å². The number of aromatic nitrogens is 3. The maximum Gasteiger partial charge on any atom is 0.255 e. The molecule has 0 fully saturated rings. The molecule has 0 N–H and O–H groups in total. The Hall–Kier alpha value is -2.67. The molecule has 0 aliphatic carbocycles. The van der Waals surface area contributed by atoms with Crippen molar-refractivity contribution in [2.24, 2.45) is 0 Å². The van der Waals surface area contributed by atoms with Gasteiger partial charge >= 0.3 is 0 Å². The van der Waals surface area contributed by atoms with Crippen LogP contribution in [0.5, 0.6) is 0 Å². The third-order valence-electron chi connectivity index (χ3n) is 4.42. The van der Waals surface area contributed by atoms with Gasteiger partial charge in [0.15, 0.2) is 5.65 Å². The summed E-state index contributed by atoms with van der Waals surface area (Å²) >= 11 is 0. The van der Waals surface area contributed by atoms with Crippen molar-refractivity contribution < 1.29 is 9.21 Å². The average molecular weight is 369 g/mol. The van der Waals surface area contributed by atoms with Crippen LogP contribution in [0.25, 0.3) is 11.0 Å². The van der Waals surface area contributed by atoms with Crippen LogP contribution in [0.3, 0.4) is 0 Å². The number of nitrogens with zero attached hydrogens (tertiary/aromatic N) is 5. The van der Waals surface area contributed by atoms with E-state index in [1.807, 2.05) is 43.9 Å². The van der Waals surface area contributed by atoms with Gasteiger partial charge in [0, 0.05) is 30.7 Å². The van der Waals surface area contributed by atoms with Crippen molar-refractivity contribution in [2.75, 3.05) is 27.2 Å².